The SMILES string of the molecule is NC(=O)CCn1cc(CO)nn1. The maximum Gasteiger partial charge on any atom is 0.219 e. The van der Waals surface area contributed by atoms with Crippen LogP contribution in [0.2, 0.25) is 0 Å². The van der Waals surface area contributed by atoms with Crippen LogP contribution in [-0.2, 0) is 17.9 Å². The molecule has 0 spiro atoms. The summed E-state index contributed by atoms with van der Waals surface area (Å²) < 4.78 is 1.47. The highest BCUT2D eigenvalue weighted by molar-refractivity contribution is 5.73. The summed E-state index contributed by atoms with van der Waals surface area (Å²) >= 11 is 0. The quantitative estimate of drug-likeness (QED) is 0.583. The second-order valence-electron chi connectivity index (χ2n) is 2.35. The van der Waals surface area contributed by atoms with Crippen molar-refractivity contribution in [3.63, 3.8) is 0 Å². The number of aromatic nitrogens is 3. The summed E-state index contributed by atoms with van der Waals surface area (Å²) in [5.41, 5.74) is 5.42. The molecule has 0 atom stereocenters. The number of amides is 1. The van der Waals surface area contributed by atoms with Gasteiger partial charge in [-0.3, -0.25) is 9.48 Å². The van der Waals surface area contributed by atoms with Crippen molar-refractivity contribution in [2.75, 3.05) is 0 Å². The average molecular weight is 170 g/mol. The van der Waals surface area contributed by atoms with Crippen molar-refractivity contribution >= 4 is 5.91 Å². The summed E-state index contributed by atoms with van der Waals surface area (Å²) in [7, 11) is 0. The molecule has 1 amide bonds. The number of rotatable bonds is 4. The first-order valence-electron chi connectivity index (χ1n) is 3.50. The average Bonchev–Trinajstić information content (AvgIpc) is 2.48. The minimum atomic E-state index is -0.379. The van der Waals surface area contributed by atoms with Gasteiger partial charge in [-0.1, -0.05) is 5.21 Å². The number of carbonyl (C=O) groups is 1. The Kier molecular flexibility index (Phi) is 2.76. The van der Waals surface area contributed by atoms with E-state index in [1.54, 1.807) is 6.20 Å². The van der Waals surface area contributed by atoms with Crippen molar-refractivity contribution in [3.8, 4) is 0 Å². The van der Waals surface area contributed by atoms with Crippen LogP contribution in [-0.4, -0.2) is 26.0 Å². The number of aryl methyl sites for hydroxylation is 1. The Morgan fingerprint density at radius 1 is 1.75 bits per heavy atom. The van der Waals surface area contributed by atoms with E-state index in [1.165, 1.54) is 4.68 Å². The minimum absolute atomic E-state index is 0.142. The van der Waals surface area contributed by atoms with Crippen molar-refractivity contribution < 1.29 is 9.90 Å². The number of aliphatic hydroxyl groups is 1. The molecule has 6 nitrogen and oxygen atoms in total. The van der Waals surface area contributed by atoms with Gasteiger partial charge < -0.3 is 10.8 Å². The van der Waals surface area contributed by atoms with Crippen LogP contribution >= 0.6 is 0 Å². The molecule has 0 aliphatic rings. The first-order chi connectivity index (χ1) is 5.72. The van der Waals surface area contributed by atoms with Crippen LogP contribution < -0.4 is 5.73 Å². The highest BCUT2D eigenvalue weighted by Crippen LogP contribution is 1.93. The predicted octanol–water partition coefficient (Wildman–Crippen LogP) is -1.35. The van der Waals surface area contributed by atoms with Gasteiger partial charge in [0.2, 0.25) is 5.91 Å². The van der Waals surface area contributed by atoms with Crippen LogP contribution in [0.5, 0.6) is 0 Å². The fraction of sp³-hybridized carbons (Fsp3) is 0.500. The Labute approximate surface area is 69.0 Å². The lowest BCUT2D eigenvalue weighted by atomic mass is 10.4. The second-order valence-corrected chi connectivity index (χ2v) is 2.35. The lowest BCUT2D eigenvalue weighted by Crippen LogP contribution is -2.14. The molecule has 12 heavy (non-hydrogen) atoms. The van der Waals surface area contributed by atoms with Crippen molar-refractivity contribution in [2.45, 2.75) is 19.6 Å². The van der Waals surface area contributed by atoms with Gasteiger partial charge in [0, 0.05) is 6.42 Å². The van der Waals surface area contributed by atoms with Crippen molar-refractivity contribution in [2.24, 2.45) is 5.73 Å². The van der Waals surface area contributed by atoms with Gasteiger partial charge in [-0.2, -0.15) is 0 Å². The molecule has 0 unspecified atom stereocenters. The first-order valence-corrected chi connectivity index (χ1v) is 3.50. The van der Waals surface area contributed by atoms with E-state index >= 15 is 0 Å². The molecule has 1 heterocycles. The molecule has 0 aromatic carbocycles. The van der Waals surface area contributed by atoms with Crippen LogP contribution in [0.1, 0.15) is 12.1 Å². The van der Waals surface area contributed by atoms with Gasteiger partial charge in [0.25, 0.3) is 0 Å². The van der Waals surface area contributed by atoms with Crippen molar-refractivity contribution in [1.82, 2.24) is 15.0 Å². The van der Waals surface area contributed by atoms with Crippen molar-refractivity contribution in [3.05, 3.63) is 11.9 Å². The van der Waals surface area contributed by atoms with Gasteiger partial charge in [0.1, 0.15) is 5.69 Å². The Morgan fingerprint density at radius 3 is 3.00 bits per heavy atom. The van der Waals surface area contributed by atoms with E-state index in [0.717, 1.165) is 0 Å². The van der Waals surface area contributed by atoms with E-state index in [1.807, 2.05) is 0 Å². The molecule has 1 rings (SSSR count). The Hall–Kier alpha value is -1.43. The molecule has 0 fully saturated rings. The molecule has 0 radical (unpaired) electrons. The van der Waals surface area contributed by atoms with E-state index in [-0.39, 0.29) is 18.9 Å². The molecule has 6 heteroatoms. The maximum atomic E-state index is 10.4. The fourth-order valence-electron chi connectivity index (χ4n) is 0.745. The highest BCUT2D eigenvalue weighted by atomic mass is 16.3. The van der Waals surface area contributed by atoms with Gasteiger partial charge >= 0.3 is 0 Å². The predicted molar refractivity (Wildman–Crippen MR) is 39.8 cm³/mol. The maximum absolute atomic E-state index is 10.4. The smallest absolute Gasteiger partial charge is 0.219 e. The topological polar surface area (TPSA) is 94.0 Å². The lowest BCUT2D eigenvalue weighted by Gasteiger charge is -1.94. The molecular formula is C6H10N4O2. The van der Waals surface area contributed by atoms with Crippen LogP contribution in [0, 0.1) is 0 Å². The molecule has 1 aromatic heterocycles. The van der Waals surface area contributed by atoms with Gasteiger partial charge in [0.05, 0.1) is 19.3 Å². The van der Waals surface area contributed by atoms with Gasteiger partial charge in [-0.05, 0) is 0 Å². The molecular weight excluding hydrogens is 160 g/mol. The summed E-state index contributed by atoms with van der Waals surface area (Å²) in [5, 5.41) is 15.9. The van der Waals surface area contributed by atoms with E-state index < -0.39 is 0 Å². The standard InChI is InChI=1S/C6H10N4O2/c7-6(12)1-2-10-3-5(4-11)8-9-10/h3,11H,1-2,4H2,(H2,7,12). The van der Waals surface area contributed by atoms with E-state index in [9.17, 15) is 4.79 Å². The third-order valence-electron chi connectivity index (χ3n) is 1.34. The van der Waals surface area contributed by atoms with Crippen molar-refractivity contribution in [1.29, 1.82) is 0 Å². The highest BCUT2D eigenvalue weighted by Gasteiger charge is 1.99. The summed E-state index contributed by atoms with van der Waals surface area (Å²) in [6.07, 6.45) is 1.80. The molecule has 1 aromatic rings. The third-order valence-corrected chi connectivity index (χ3v) is 1.34. The largest absolute Gasteiger partial charge is 0.390 e. The van der Waals surface area contributed by atoms with Crippen LogP contribution in [0.3, 0.4) is 0 Å². The van der Waals surface area contributed by atoms with E-state index in [4.69, 9.17) is 10.8 Å². The third kappa shape index (κ3) is 2.31. The van der Waals surface area contributed by atoms with E-state index in [0.29, 0.717) is 12.2 Å². The number of carbonyl (C=O) groups excluding carboxylic acids is 1. The summed E-state index contributed by atoms with van der Waals surface area (Å²) in [5.74, 6) is -0.379. The zero-order chi connectivity index (χ0) is 8.97. The Bertz CT molecular complexity index is 270. The number of primary amides is 1. The molecule has 0 aliphatic heterocycles. The lowest BCUT2D eigenvalue weighted by molar-refractivity contribution is -0.118. The molecule has 0 saturated heterocycles. The number of hydrogen-bond acceptors (Lipinski definition) is 4. The zero-order valence-electron chi connectivity index (χ0n) is 6.47. The number of aliphatic hydroxyl groups excluding tert-OH is 1. The Morgan fingerprint density at radius 2 is 2.50 bits per heavy atom. The second kappa shape index (κ2) is 3.82. The number of hydrogen-bond donors (Lipinski definition) is 2. The van der Waals surface area contributed by atoms with Gasteiger partial charge in [0.15, 0.2) is 0 Å². The van der Waals surface area contributed by atoms with E-state index in [2.05, 4.69) is 10.3 Å². The summed E-state index contributed by atoms with van der Waals surface area (Å²) in [6.45, 7) is 0.263. The fourth-order valence-corrected chi connectivity index (χ4v) is 0.745. The first kappa shape index (κ1) is 8.66. The van der Waals surface area contributed by atoms with Gasteiger partial charge in [-0.15, -0.1) is 5.10 Å². The number of nitrogens with zero attached hydrogens (tertiary/aromatic N) is 3. The zero-order valence-corrected chi connectivity index (χ0v) is 6.47. The summed E-state index contributed by atoms with van der Waals surface area (Å²) in [6, 6.07) is 0. The van der Waals surface area contributed by atoms with Gasteiger partial charge in [-0.25, -0.2) is 0 Å². The molecule has 0 bridgehead atoms. The minimum Gasteiger partial charge on any atom is -0.390 e. The molecule has 3 N–H and O–H groups in total. The molecule has 66 valence electrons. The summed E-state index contributed by atoms with van der Waals surface area (Å²) in [4.78, 5) is 10.4. The number of nitrogens with two attached hydrogens (primary N) is 1. The normalized spacial score (nSPS) is 10.1. The van der Waals surface area contributed by atoms with Crippen LogP contribution in [0.15, 0.2) is 6.20 Å². The van der Waals surface area contributed by atoms with Crippen LogP contribution in [0.4, 0.5) is 0 Å². The monoisotopic (exact) mass is 170 g/mol. The molecule has 0 aliphatic carbocycles. The van der Waals surface area contributed by atoms with Crippen LogP contribution in [0.25, 0.3) is 0 Å². The molecule has 0 saturated carbocycles. The Balaban J connectivity index is 2.47.